The van der Waals surface area contributed by atoms with Gasteiger partial charge in [0.1, 0.15) is 5.69 Å². The number of carbonyl (C=O) groups is 8. The van der Waals surface area contributed by atoms with E-state index in [1.165, 1.54) is 16.0 Å². The van der Waals surface area contributed by atoms with Gasteiger partial charge in [0.05, 0.1) is 57.6 Å². The molecule has 0 atom stereocenters. The Morgan fingerprint density at radius 2 is 0.750 bits per heavy atom. The van der Waals surface area contributed by atoms with E-state index in [1.54, 1.807) is 115 Å². The summed E-state index contributed by atoms with van der Waals surface area (Å²) in [5, 5.41) is 0. The van der Waals surface area contributed by atoms with Crippen LogP contribution >= 0.6 is 0 Å². The van der Waals surface area contributed by atoms with Gasteiger partial charge in [-0.1, -0.05) is 72.4 Å². The number of amides is 8. The van der Waals surface area contributed by atoms with Gasteiger partial charge in [-0.3, -0.25) is 62.9 Å². The van der Waals surface area contributed by atoms with Crippen molar-refractivity contribution in [1.82, 2.24) is 29.6 Å². The Morgan fingerprint density at radius 3 is 1.12 bits per heavy atom. The molecule has 332 valence electrons. The molecule has 14 nitrogen and oxygen atoms in total. The molecule has 0 radical (unpaired) electrons. The first-order valence-electron chi connectivity index (χ1n) is 21.8. The largest absolute Gasteiger partial charge is 0.274 e. The molecule has 10 rings (SSSR count). The van der Waals surface area contributed by atoms with Gasteiger partial charge in [0, 0.05) is 36.7 Å². The fourth-order valence-corrected chi connectivity index (χ4v) is 8.23. The monoisotopic (exact) mass is 898 g/mol. The minimum absolute atomic E-state index is 0.0197. The van der Waals surface area contributed by atoms with Gasteiger partial charge < -0.3 is 0 Å². The van der Waals surface area contributed by atoms with Crippen molar-refractivity contribution in [3.63, 3.8) is 0 Å². The van der Waals surface area contributed by atoms with Gasteiger partial charge in [-0.25, -0.2) is 4.98 Å². The molecule has 0 bridgehead atoms. The van der Waals surface area contributed by atoms with Gasteiger partial charge in [-0.05, 0) is 104 Å². The number of fused-ring (bicyclic) bond motifs is 4. The van der Waals surface area contributed by atoms with E-state index in [-0.39, 0.29) is 60.3 Å². The van der Waals surface area contributed by atoms with Crippen molar-refractivity contribution in [3.05, 3.63) is 201 Å². The maximum atomic E-state index is 12.4. The highest BCUT2D eigenvalue weighted by atomic mass is 16.2. The van der Waals surface area contributed by atoms with E-state index in [0.717, 1.165) is 21.1 Å². The Hall–Kier alpha value is -9.14. The highest BCUT2D eigenvalue weighted by Crippen LogP contribution is 2.26. The summed E-state index contributed by atoms with van der Waals surface area (Å²) in [4.78, 5) is 113. The number of hydrogen-bond donors (Lipinski definition) is 0. The molecule has 4 aliphatic heterocycles. The van der Waals surface area contributed by atoms with E-state index >= 15 is 0 Å². The van der Waals surface area contributed by atoms with Gasteiger partial charge in [0.2, 0.25) is 0 Å². The fraction of sp³-hybridized carbons (Fsp3) is 0.148. The van der Waals surface area contributed by atoms with Crippen molar-refractivity contribution in [1.29, 1.82) is 0 Å². The summed E-state index contributed by atoms with van der Waals surface area (Å²) in [5.74, 6) is 9.03. The lowest BCUT2D eigenvalue weighted by atomic mass is 10.1. The fourth-order valence-electron chi connectivity index (χ4n) is 8.23. The van der Waals surface area contributed by atoms with Crippen LogP contribution < -0.4 is 0 Å². The van der Waals surface area contributed by atoms with Crippen LogP contribution in [0.1, 0.15) is 118 Å². The third-order valence-electron chi connectivity index (χ3n) is 11.7. The van der Waals surface area contributed by atoms with Crippen LogP contribution in [0.3, 0.4) is 0 Å². The molecule has 0 N–H and O–H groups in total. The smallest absolute Gasteiger partial charge is 0.262 e. The molecule has 4 aliphatic rings. The Bertz CT molecular complexity index is 2880. The van der Waals surface area contributed by atoms with E-state index in [1.807, 2.05) is 12.1 Å². The Labute approximate surface area is 390 Å². The van der Waals surface area contributed by atoms with Gasteiger partial charge >= 0.3 is 0 Å². The van der Waals surface area contributed by atoms with E-state index < -0.39 is 0 Å². The number of rotatable bonds is 10. The van der Waals surface area contributed by atoms with E-state index in [4.69, 9.17) is 0 Å². The SMILES string of the molecule is O=C1c2ccccc2C(=O)N1CC#Cc1ccc(C#CCN2C(=O)c3ccccc3C2=O)nc1.O=C1c2ccccc2C(=O)N1CCCc1ccc(CCCN2C(=O)c3ccccc3C2=O)nc1. The Balaban J connectivity index is 0.000000170. The van der Waals surface area contributed by atoms with Crippen LogP contribution in [0, 0.1) is 23.7 Å². The molecule has 0 saturated heterocycles. The molecule has 68 heavy (non-hydrogen) atoms. The summed E-state index contributed by atoms with van der Waals surface area (Å²) in [6.45, 7) is 0.675. The zero-order chi connectivity index (χ0) is 47.3. The van der Waals surface area contributed by atoms with Crippen molar-refractivity contribution in [3.8, 4) is 23.7 Å². The third-order valence-corrected chi connectivity index (χ3v) is 11.7. The standard InChI is InChI=1S/C27H23N3O4.C27H15N3O4/c2*31-24-20-9-1-2-10-21(20)25(32)29(24)15-5-7-18-13-14-19(28-17-18)8-6-16-30-26(33)22-11-3-4-12-23(22)27(30)34/h1-4,9-14,17H,5-8,15-16H2;1-4,9-14,17H,15-16H2. The molecule has 2 aromatic heterocycles. The maximum Gasteiger partial charge on any atom is 0.262 e. The van der Waals surface area contributed by atoms with Crippen LogP contribution in [0.4, 0.5) is 0 Å². The number of hydrogen-bond acceptors (Lipinski definition) is 10. The summed E-state index contributed by atoms with van der Waals surface area (Å²) in [6.07, 6.45) is 5.99. The number of aromatic nitrogens is 2. The van der Waals surface area contributed by atoms with Crippen LogP contribution in [0.2, 0.25) is 0 Å². The van der Waals surface area contributed by atoms with Gasteiger partial charge in [0.15, 0.2) is 0 Å². The minimum atomic E-state index is -0.355. The lowest BCUT2D eigenvalue weighted by Crippen LogP contribution is -2.31. The molecule has 14 heteroatoms. The average molecular weight is 899 g/mol. The molecule has 0 saturated carbocycles. The first kappa shape index (κ1) is 44.1. The van der Waals surface area contributed by atoms with Crippen molar-refractivity contribution < 1.29 is 38.4 Å². The lowest BCUT2D eigenvalue weighted by molar-refractivity contribution is 0.0637. The number of nitrogens with zero attached hydrogens (tertiary/aromatic N) is 6. The minimum Gasteiger partial charge on any atom is -0.274 e. The highest BCUT2D eigenvalue weighted by molar-refractivity contribution is 6.23. The number of pyridine rings is 2. The first-order chi connectivity index (χ1) is 33.1. The quantitative estimate of drug-likeness (QED) is 0.119. The number of aryl methyl sites for hydroxylation is 2. The van der Waals surface area contributed by atoms with Crippen molar-refractivity contribution in [2.24, 2.45) is 0 Å². The van der Waals surface area contributed by atoms with Gasteiger partial charge in [0.25, 0.3) is 47.3 Å². The summed E-state index contributed by atoms with van der Waals surface area (Å²) in [6, 6.07) is 34.5. The maximum absolute atomic E-state index is 12.4. The van der Waals surface area contributed by atoms with Crippen molar-refractivity contribution in [2.45, 2.75) is 25.7 Å². The number of benzene rings is 4. The summed E-state index contributed by atoms with van der Waals surface area (Å²) >= 11 is 0. The Morgan fingerprint density at radius 1 is 0.368 bits per heavy atom. The van der Waals surface area contributed by atoms with E-state index in [2.05, 4.69) is 33.6 Å². The predicted octanol–water partition coefficient (Wildman–Crippen LogP) is 5.92. The highest BCUT2D eigenvalue weighted by Gasteiger charge is 2.37. The second kappa shape index (κ2) is 19.1. The zero-order valence-corrected chi connectivity index (χ0v) is 36.3. The number of carbonyl (C=O) groups excluding carboxylic acids is 8. The molecule has 0 aliphatic carbocycles. The van der Waals surface area contributed by atoms with Gasteiger partial charge in [-0.15, -0.1) is 0 Å². The summed E-state index contributed by atoms with van der Waals surface area (Å²) in [7, 11) is 0. The van der Waals surface area contributed by atoms with Crippen LogP contribution in [0.25, 0.3) is 0 Å². The van der Waals surface area contributed by atoms with E-state index in [0.29, 0.717) is 94.5 Å². The first-order valence-corrected chi connectivity index (χ1v) is 21.8. The van der Waals surface area contributed by atoms with Crippen LogP contribution in [0.5, 0.6) is 0 Å². The van der Waals surface area contributed by atoms with Gasteiger partial charge in [-0.2, -0.15) is 0 Å². The molecule has 0 unspecified atom stereocenters. The lowest BCUT2D eigenvalue weighted by Gasteiger charge is -2.14. The normalized spacial score (nSPS) is 14.2. The Kier molecular flexibility index (Phi) is 12.4. The van der Waals surface area contributed by atoms with Crippen LogP contribution in [-0.4, -0.2) is 103 Å². The molecule has 4 aromatic carbocycles. The molecule has 0 spiro atoms. The molecule has 0 fully saturated rings. The van der Waals surface area contributed by atoms with Crippen LogP contribution in [-0.2, 0) is 12.8 Å². The second-order valence-corrected chi connectivity index (χ2v) is 16.0. The van der Waals surface area contributed by atoms with Crippen molar-refractivity contribution >= 4 is 47.3 Å². The van der Waals surface area contributed by atoms with Crippen LogP contribution in [0.15, 0.2) is 134 Å². The molecule has 6 heterocycles. The summed E-state index contributed by atoms with van der Waals surface area (Å²) in [5.41, 5.74) is 6.41. The molecular weight excluding hydrogens is 861 g/mol. The average Bonchev–Trinajstić information content (AvgIpc) is 3.96. The molecular formula is C54H38N6O8. The topological polar surface area (TPSA) is 175 Å². The third kappa shape index (κ3) is 8.69. The second-order valence-electron chi connectivity index (χ2n) is 16.0. The van der Waals surface area contributed by atoms with E-state index in [9.17, 15) is 38.4 Å². The molecule has 6 aromatic rings. The number of imide groups is 4. The predicted molar refractivity (Wildman–Crippen MR) is 246 cm³/mol. The summed E-state index contributed by atoms with van der Waals surface area (Å²) < 4.78 is 0. The zero-order valence-electron chi connectivity index (χ0n) is 36.3. The van der Waals surface area contributed by atoms with Crippen molar-refractivity contribution in [2.75, 3.05) is 26.2 Å². The molecule has 8 amide bonds.